The standard InChI is InChI=1S/C21H29FN2O3S/c1-20(2,3)27-19(25)11-18-24-21(16-10-14(23)5-6-17(16)22)8-7-15(26-4)9-13(21)12-28-18/h5-6,10,13,15H,7-9,11-12,23H2,1-4H3/t13-,15+,21?/m0/s1. The zero-order valence-corrected chi connectivity index (χ0v) is 17.8. The molecule has 1 aliphatic heterocycles. The van der Waals surface area contributed by atoms with Crippen molar-refractivity contribution in [2.45, 2.75) is 63.7 Å². The molecule has 1 aliphatic carbocycles. The van der Waals surface area contributed by atoms with Gasteiger partial charge < -0.3 is 15.2 Å². The van der Waals surface area contributed by atoms with Gasteiger partial charge in [0.25, 0.3) is 0 Å². The fourth-order valence-corrected chi connectivity index (χ4v) is 5.37. The van der Waals surface area contributed by atoms with Crippen molar-refractivity contribution < 1.29 is 18.7 Å². The van der Waals surface area contributed by atoms with Crippen molar-refractivity contribution in [3.63, 3.8) is 0 Å². The summed E-state index contributed by atoms with van der Waals surface area (Å²) in [5.41, 5.74) is 5.75. The van der Waals surface area contributed by atoms with Gasteiger partial charge in [-0.15, -0.1) is 11.8 Å². The third kappa shape index (κ3) is 4.51. The smallest absolute Gasteiger partial charge is 0.312 e. The molecule has 0 spiro atoms. The maximum Gasteiger partial charge on any atom is 0.312 e. The van der Waals surface area contributed by atoms with Gasteiger partial charge in [0, 0.05) is 30.0 Å². The number of carbonyl (C=O) groups is 1. The lowest BCUT2D eigenvalue weighted by Gasteiger charge is -2.46. The number of hydrogen-bond acceptors (Lipinski definition) is 6. The second-order valence-corrected chi connectivity index (χ2v) is 9.67. The number of methoxy groups -OCH3 is 1. The van der Waals surface area contributed by atoms with Crippen LogP contribution in [0.5, 0.6) is 0 Å². The predicted molar refractivity (Wildman–Crippen MR) is 111 cm³/mol. The number of halogens is 1. The summed E-state index contributed by atoms with van der Waals surface area (Å²) in [7, 11) is 1.71. The van der Waals surface area contributed by atoms with Crippen LogP contribution in [0.15, 0.2) is 23.2 Å². The lowest BCUT2D eigenvalue weighted by molar-refractivity contribution is -0.153. The van der Waals surface area contributed by atoms with Gasteiger partial charge in [-0.3, -0.25) is 9.79 Å². The van der Waals surface area contributed by atoms with Crippen LogP contribution in [0.2, 0.25) is 0 Å². The molecule has 1 heterocycles. The highest BCUT2D eigenvalue weighted by Gasteiger charge is 2.48. The van der Waals surface area contributed by atoms with Gasteiger partial charge in [0.2, 0.25) is 0 Å². The first kappa shape index (κ1) is 21.1. The summed E-state index contributed by atoms with van der Waals surface area (Å²) in [5, 5.41) is 0.697. The lowest BCUT2D eigenvalue weighted by Crippen LogP contribution is -2.46. The molecule has 1 fully saturated rings. The number of aliphatic imine (C=N–C) groups is 1. The minimum Gasteiger partial charge on any atom is -0.460 e. The summed E-state index contributed by atoms with van der Waals surface area (Å²) >= 11 is 1.56. The normalized spacial score (nSPS) is 27.7. The van der Waals surface area contributed by atoms with Gasteiger partial charge >= 0.3 is 5.97 Å². The number of rotatable bonds is 4. The number of anilines is 1. The zero-order valence-electron chi connectivity index (χ0n) is 17.0. The van der Waals surface area contributed by atoms with Crippen LogP contribution >= 0.6 is 11.8 Å². The molecule has 154 valence electrons. The number of ether oxygens (including phenoxy) is 2. The Morgan fingerprint density at radius 3 is 2.86 bits per heavy atom. The van der Waals surface area contributed by atoms with Crippen LogP contribution in [0.4, 0.5) is 10.1 Å². The summed E-state index contributed by atoms with van der Waals surface area (Å²) in [6, 6.07) is 4.66. The summed E-state index contributed by atoms with van der Waals surface area (Å²) in [5.74, 6) is 0.263. The number of fused-ring (bicyclic) bond motifs is 1. The number of nitrogen functional groups attached to an aromatic ring is 1. The van der Waals surface area contributed by atoms with Crippen molar-refractivity contribution in [2.75, 3.05) is 18.6 Å². The molecule has 1 saturated carbocycles. The van der Waals surface area contributed by atoms with Gasteiger partial charge in [0.15, 0.2) is 0 Å². The van der Waals surface area contributed by atoms with Crippen LogP contribution in [-0.2, 0) is 19.8 Å². The first-order valence-electron chi connectivity index (χ1n) is 9.64. The molecule has 0 saturated heterocycles. The number of thioether (sulfide) groups is 1. The Hall–Kier alpha value is -1.60. The third-order valence-corrected chi connectivity index (χ3v) is 6.49. The molecule has 0 aromatic heterocycles. The highest BCUT2D eigenvalue weighted by atomic mass is 32.2. The van der Waals surface area contributed by atoms with Crippen LogP contribution < -0.4 is 5.73 Å². The van der Waals surface area contributed by atoms with Crippen LogP contribution in [0.1, 0.15) is 52.0 Å². The van der Waals surface area contributed by atoms with Crippen molar-refractivity contribution in [3.05, 3.63) is 29.6 Å². The average molecular weight is 409 g/mol. The van der Waals surface area contributed by atoms with Gasteiger partial charge in [-0.05, 0) is 58.2 Å². The predicted octanol–water partition coefficient (Wildman–Crippen LogP) is 4.30. The molecule has 0 bridgehead atoms. The van der Waals surface area contributed by atoms with E-state index in [0.29, 0.717) is 22.7 Å². The number of esters is 1. The maximum atomic E-state index is 14.9. The molecule has 1 aromatic rings. The summed E-state index contributed by atoms with van der Waals surface area (Å²) in [6.45, 7) is 5.52. The van der Waals surface area contributed by atoms with E-state index in [4.69, 9.17) is 20.2 Å². The maximum absolute atomic E-state index is 14.9. The minimum absolute atomic E-state index is 0.105. The topological polar surface area (TPSA) is 73.9 Å². The Labute approximate surface area is 170 Å². The van der Waals surface area contributed by atoms with E-state index in [1.165, 1.54) is 6.07 Å². The molecule has 0 amide bonds. The Bertz CT molecular complexity index is 777. The number of hydrogen-bond donors (Lipinski definition) is 1. The third-order valence-electron chi connectivity index (χ3n) is 5.35. The summed E-state index contributed by atoms with van der Waals surface area (Å²) in [4.78, 5) is 17.3. The van der Waals surface area contributed by atoms with Crippen LogP contribution in [-0.4, -0.2) is 35.6 Å². The van der Waals surface area contributed by atoms with Gasteiger partial charge in [-0.1, -0.05) is 0 Å². The van der Waals surface area contributed by atoms with Gasteiger partial charge in [-0.2, -0.15) is 0 Å². The Morgan fingerprint density at radius 2 is 2.18 bits per heavy atom. The van der Waals surface area contributed by atoms with Crippen LogP contribution in [0, 0.1) is 11.7 Å². The van der Waals surface area contributed by atoms with E-state index >= 15 is 0 Å². The van der Waals surface area contributed by atoms with E-state index in [2.05, 4.69) is 0 Å². The molecule has 2 aliphatic rings. The summed E-state index contributed by atoms with van der Waals surface area (Å²) in [6.07, 6.45) is 2.50. The molecule has 5 nitrogen and oxygen atoms in total. The van der Waals surface area contributed by atoms with E-state index in [-0.39, 0.29) is 30.2 Å². The van der Waals surface area contributed by atoms with Crippen LogP contribution in [0.25, 0.3) is 0 Å². The van der Waals surface area contributed by atoms with Gasteiger partial charge in [-0.25, -0.2) is 4.39 Å². The SMILES string of the molecule is CO[C@@H]1CCC2(c3cc(N)ccc3F)N=C(CC(=O)OC(C)(C)C)SC[C@@H]2C1. The highest BCUT2D eigenvalue weighted by molar-refractivity contribution is 8.14. The molecular formula is C21H29FN2O3S. The number of carbonyl (C=O) groups excluding carboxylic acids is 1. The summed E-state index contributed by atoms with van der Waals surface area (Å²) < 4.78 is 25.9. The zero-order chi connectivity index (χ0) is 20.5. The second kappa shape index (κ2) is 8.03. The average Bonchev–Trinajstić information content (AvgIpc) is 2.61. The second-order valence-electron chi connectivity index (χ2n) is 8.57. The molecule has 7 heteroatoms. The quantitative estimate of drug-likeness (QED) is 0.594. The van der Waals surface area contributed by atoms with E-state index in [1.807, 2.05) is 20.8 Å². The molecule has 3 rings (SSSR count). The fourth-order valence-electron chi connectivity index (χ4n) is 4.12. The monoisotopic (exact) mass is 408 g/mol. The Kier molecular flexibility index (Phi) is 6.05. The van der Waals surface area contributed by atoms with Gasteiger partial charge in [0.1, 0.15) is 11.4 Å². The van der Waals surface area contributed by atoms with Crippen molar-refractivity contribution in [1.29, 1.82) is 0 Å². The number of nitrogens with zero attached hydrogens (tertiary/aromatic N) is 1. The van der Waals surface area contributed by atoms with E-state index in [1.54, 1.807) is 31.0 Å². The van der Waals surface area contributed by atoms with Crippen molar-refractivity contribution in [3.8, 4) is 0 Å². The van der Waals surface area contributed by atoms with E-state index in [0.717, 1.165) is 18.6 Å². The molecule has 1 unspecified atom stereocenters. The lowest BCUT2D eigenvalue weighted by atomic mass is 9.68. The first-order valence-corrected chi connectivity index (χ1v) is 10.6. The van der Waals surface area contributed by atoms with E-state index in [9.17, 15) is 9.18 Å². The highest BCUT2D eigenvalue weighted by Crippen LogP contribution is 2.51. The van der Waals surface area contributed by atoms with Gasteiger partial charge in [0.05, 0.1) is 23.1 Å². The Morgan fingerprint density at radius 1 is 1.43 bits per heavy atom. The van der Waals surface area contributed by atoms with Crippen molar-refractivity contribution >= 4 is 28.5 Å². The van der Waals surface area contributed by atoms with Crippen LogP contribution in [0.3, 0.4) is 0 Å². The van der Waals surface area contributed by atoms with Crippen molar-refractivity contribution in [2.24, 2.45) is 10.9 Å². The first-order chi connectivity index (χ1) is 13.1. The van der Waals surface area contributed by atoms with Crippen molar-refractivity contribution in [1.82, 2.24) is 0 Å². The molecule has 3 atom stereocenters. The largest absolute Gasteiger partial charge is 0.460 e. The molecule has 28 heavy (non-hydrogen) atoms. The number of nitrogens with two attached hydrogens (primary N) is 1. The number of benzene rings is 1. The minimum atomic E-state index is -0.711. The van der Waals surface area contributed by atoms with E-state index < -0.39 is 11.1 Å². The molecule has 1 aromatic carbocycles. The fraction of sp³-hybridized carbons (Fsp3) is 0.619. The Balaban J connectivity index is 1.97. The molecule has 0 radical (unpaired) electrons. The molecule has 2 N–H and O–H groups in total. The molecular weight excluding hydrogens is 379 g/mol.